The zero-order valence-electron chi connectivity index (χ0n) is 14.3. The first-order chi connectivity index (χ1) is 11.2. The Morgan fingerprint density at radius 3 is 2.42 bits per heavy atom. The molecule has 0 fully saturated rings. The van der Waals surface area contributed by atoms with Crippen LogP contribution in [0.3, 0.4) is 0 Å². The number of benzene rings is 1. The Balaban J connectivity index is 3.05. The van der Waals surface area contributed by atoms with E-state index in [0.29, 0.717) is 5.56 Å². The number of amides is 1. The van der Waals surface area contributed by atoms with Crippen LogP contribution in [0.2, 0.25) is 0 Å². The average Bonchev–Trinajstić information content (AvgIpc) is 2.51. The number of nitriles is 1. The largest absolute Gasteiger partial charge is 0.514 e. The minimum absolute atomic E-state index is 0.0552. The van der Waals surface area contributed by atoms with E-state index in [4.69, 9.17) is 19.5 Å². The Morgan fingerprint density at radius 1 is 1.25 bits per heavy atom. The molecule has 1 rings (SSSR count). The fraction of sp³-hybridized carbons (Fsp3) is 0.353. The molecular weight excluding hydrogens is 312 g/mol. The first kappa shape index (κ1) is 19.0. The quantitative estimate of drug-likeness (QED) is 0.394. The highest BCUT2D eigenvalue weighted by atomic mass is 16.7. The lowest BCUT2D eigenvalue weighted by atomic mass is 10.1. The van der Waals surface area contributed by atoms with Crippen molar-refractivity contribution in [2.24, 2.45) is 0 Å². The van der Waals surface area contributed by atoms with E-state index in [9.17, 15) is 9.59 Å². The second-order valence-electron chi connectivity index (χ2n) is 5.73. The van der Waals surface area contributed by atoms with Crippen molar-refractivity contribution in [3.8, 4) is 17.6 Å². The van der Waals surface area contributed by atoms with Crippen LogP contribution in [0.25, 0.3) is 6.08 Å². The lowest BCUT2D eigenvalue weighted by Gasteiger charge is -2.19. The number of nitrogens with zero attached hydrogens (tertiary/aromatic N) is 1. The van der Waals surface area contributed by atoms with Gasteiger partial charge in [-0.15, -0.1) is 0 Å². The van der Waals surface area contributed by atoms with Crippen molar-refractivity contribution in [2.45, 2.75) is 26.4 Å². The number of nitrogens with one attached hydrogen (secondary N) is 1. The van der Waals surface area contributed by atoms with Crippen molar-refractivity contribution in [3.63, 3.8) is 0 Å². The molecule has 0 atom stereocenters. The van der Waals surface area contributed by atoms with E-state index in [0.717, 1.165) is 0 Å². The van der Waals surface area contributed by atoms with Crippen molar-refractivity contribution < 1.29 is 23.8 Å². The Morgan fingerprint density at radius 2 is 1.92 bits per heavy atom. The molecule has 0 bridgehead atoms. The molecule has 0 heterocycles. The summed E-state index contributed by atoms with van der Waals surface area (Å²) < 4.78 is 15.4. The SMILES string of the molecule is CNC(=O)/C(C#N)=C/c1ccc(OC(=O)OC(C)(C)C)c(OC)c1. The molecule has 0 aliphatic carbocycles. The fourth-order valence-corrected chi connectivity index (χ4v) is 1.67. The van der Waals surface area contributed by atoms with E-state index in [-0.39, 0.29) is 17.1 Å². The number of carbonyl (C=O) groups excluding carboxylic acids is 2. The summed E-state index contributed by atoms with van der Waals surface area (Å²) in [5.74, 6) is -0.0586. The van der Waals surface area contributed by atoms with Gasteiger partial charge in [-0.05, 0) is 44.5 Å². The monoisotopic (exact) mass is 332 g/mol. The number of hydrogen-bond acceptors (Lipinski definition) is 6. The third kappa shape index (κ3) is 5.65. The summed E-state index contributed by atoms with van der Waals surface area (Å²) in [7, 11) is 2.85. The van der Waals surface area contributed by atoms with E-state index in [1.807, 2.05) is 6.07 Å². The molecule has 1 aromatic carbocycles. The van der Waals surface area contributed by atoms with Crippen LogP contribution in [0.5, 0.6) is 11.5 Å². The van der Waals surface area contributed by atoms with Gasteiger partial charge in [-0.25, -0.2) is 4.79 Å². The Bertz CT molecular complexity index is 696. The molecule has 1 aromatic rings. The molecule has 0 aromatic heterocycles. The first-order valence-corrected chi connectivity index (χ1v) is 7.13. The molecule has 7 nitrogen and oxygen atoms in total. The van der Waals surface area contributed by atoms with Gasteiger partial charge in [0.15, 0.2) is 11.5 Å². The van der Waals surface area contributed by atoms with Crippen LogP contribution in [-0.2, 0) is 9.53 Å². The normalized spacial score (nSPS) is 11.2. The van der Waals surface area contributed by atoms with E-state index >= 15 is 0 Å². The van der Waals surface area contributed by atoms with Crippen LogP contribution in [0.4, 0.5) is 4.79 Å². The molecule has 7 heteroatoms. The Hall–Kier alpha value is -3.01. The smallest absolute Gasteiger partial charge is 0.493 e. The number of hydrogen-bond donors (Lipinski definition) is 1. The highest BCUT2D eigenvalue weighted by molar-refractivity contribution is 6.01. The molecule has 1 amide bonds. The van der Waals surface area contributed by atoms with Crippen LogP contribution < -0.4 is 14.8 Å². The molecule has 1 N–H and O–H groups in total. The minimum Gasteiger partial charge on any atom is -0.493 e. The van der Waals surface area contributed by atoms with Crippen LogP contribution in [0.1, 0.15) is 26.3 Å². The van der Waals surface area contributed by atoms with Crippen molar-refractivity contribution in [1.82, 2.24) is 5.32 Å². The zero-order valence-corrected chi connectivity index (χ0v) is 14.3. The zero-order chi connectivity index (χ0) is 18.3. The number of ether oxygens (including phenoxy) is 3. The highest BCUT2D eigenvalue weighted by Crippen LogP contribution is 2.29. The maximum Gasteiger partial charge on any atom is 0.514 e. The number of carbonyl (C=O) groups is 2. The summed E-state index contributed by atoms with van der Waals surface area (Å²) >= 11 is 0. The van der Waals surface area contributed by atoms with E-state index < -0.39 is 17.7 Å². The summed E-state index contributed by atoms with van der Waals surface area (Å²) in [4.78, 5) is 23.3. The lowest BCUT2D eigenvalue weighted by Crippen LogP contribution is -2.26. The van der Waals surface area contributed by atoms with Gasteiger partial charge in [0.05, 0.1) is 7.11 Å². The van der Waals surface area contributed by atoms with E-state index in [1.165, 1.54) is 26.3 Å². The van der Waals surface area contributed by atoms with E-state index in [1.54, 1.807) is 32.9 Å². The van der Waals surface area contributed by atoms with Crippen LogP contribution >= 0.6 is 0 Å². The average molecular weight is 332 g/mol. The van der Waals surface area contributed by atoms with Gasteiger partial charge in [0.25, 0.3) is 5.91 Å². The van der Waals surface area contributed by atoms with Gasteiger partial charge < -0.3 is 19.5 Å². The molecule has 0 unspecified atom stereocenters. The third-order valence-electron chi connectivity index (χ3n) is 2.67. The number of rotatable bonds is 4. The summed E-state index contributed by atoms with van der Waals surface area (Å²) in [6.45, 7) is 5.17. The van der Waals surface area contributed by atoms with Crippen LogP contribution in [0, 0.1) is 11.3 Å². The van der Waals surface area contributed by atoms with Gasteiger partial charge >= 0.3 is 6.16 Å². The van der Waals surface area contributed by atoms with Crippen LogP contribution in [0.15, 0.2) is 23.8 Å². The van der Waals surface area contributed by atoms with Gasteiger partial charge in [0.2, 0.25) is 0 Å². The topological polar surface area (TPSA) is 97.7 Å². The molecule has 0 radical (unpaired) electrons. The minimum atomic E-state index is -0.854. The van der Waals surface area contributed by atoms with Gasteiger partial charge in [-0.3, -0.25) is 4.79 Å². The molecule has 0 aliphatic rings. The Labute approximate surface area is 140 Å². The van der Waals surface area contributed by atoms with Crippen molar-refractivity contribution in [1.29, 1.82) is 5.26 Å². The molecule has 0 spiro atoms. The van der Waals surface area contributed by atoms with E-state index in [2.05, 4.69) is 5.32 Å². The Kier molecular flexibility index (Phi) is 6.36. The molecule has 128 valence electrons. The first-order valence-electron chi connectivity index (χ1n) is 7.13. The molecule has 0 saturated carbocycles. The lowest BCUT2D eigenvalue weighted by molar-refractivity contribution is -0.116. The summed E-state index contributed by atoms with van der Waals surface area (Å²) in [5.41, 5.74) is -0.189. The summed E-state index contributed by atoms with van der Waals surface area (Å²) in [5, 5.41) is 11.4. The third-order valence-corrected chi connectivity index (χ3v) is 2.67. The maximum atomic E-state index is 11.7. The second kappa shape index (κ2) is 8.02. The summed E-state index contributed by atoms with van der Waals surface area (Å²) in [6, 6.07) is 6.44. The standard InChI is InChI=1S/C17H20N2O5/c1-17(2,3)24-16(21)23-13-7-6-11(9-14(13)22-5)8-12(10-18)15(20)19-4/h6-9H,1-5H3,(H,19,20)/b12-8+. The molecule has 0 aliphatic heterocycles. The maximum absolute atomic E-state index is 11.7. The van der Waals surface area contributed by atoms with Gasteiger partial charge in [0, 0.05) is 7.05 Å². The predicted molar refractivity (Wildman–Crippen MR) is 87.5 cm³/mol. The molecular formula is C17H20N2O5. The molecule has 0 saturated heterocycles. The van der Waals surface area contributed by atoms with Crippen molar-refractivity contribution >= 4 is 18.1 Å². The van der Waals surface area contributed by atoms with Gasteiger partial charge in [-0.1, -0.05) is 6.07 Å². The number of methoxy groups -OCH3 is 1. The predicted octanol–water partition coefficient (Wildman–Crippen LogP) is 2.66. The summed E-state index contributed by atoms with van der Waals surface area (Å²) in [6.07, 6.45) is 0.547. The van der Waals surface area contributed by atoms with Crippen molar-refractivity contribution in [2.75, 3.05) is 14.2 Å². The van der Waals surface area contributed by atoms with Gasteiger partial charge in [0.1, 0.15) is 17.2 Å². The highest BCUT2D eigenvalue weighted by Gasteiger charge is 2.19. The molecule has 24 heavy (non-hydrogen) atoms. The number of likely N-dealkylation sites (N-methyl/N-ethyl adjacent to an activating group) is 1. The van der Waals surface area contributed by atoms with Crippen LogP contribution in [-0.4, -0.2) is 31.8 Å². The fourth-order valence-electron chi connectivity index (χ4n) is 1.67. The van der Waals surface area contributed by atoms with Gasteiger partial charge in [-0.2, -0.15) is 5.26 Å². The van der Waals surface area contributed by atoms with Crippen molar-refractivity contribution in [3.05, 3.63) is 29.3 Å². The second-order valence-corrected chi connectivity index (χ2v) is 5.73.